The fourth-order valence-electron chi connectivity index (χ4n) is 0.592. The van der Waals surface area contributed by atoms with Gasteiger partial charge in [-0.15, -0.1) is 0 Å². The predicted octanol–water partition coefficient (Wildman–Crippen LogP) is 2.55. The highest BCUT2D eigenvalue weighted by Gasteiger charge is 1.99. The van der Waals surface area contributed by atoms with E-state index in [0.29, 0.717) is 0 Å². The number of halogens is 1. The number of hydrogen-bond acceptors (Lipinski definition) is 1. The lowest BCUT2D eigenvalue weighted by Gasteiger charge is -1.90. The summed E-state index contributed by atoms with van der Waals surface area (Å²) in [5.74, 6) is -1.47. The minimum atomic E-state index is -1.04. The summed E-state index contributed by atoms with van der Waals surface area (Å²) in [6, 6.07) is 4.67. The standard InChI is InChI=1S/C7H5FO2.C2H6/c8-6-3-1-5(2-4-6)7(9)10;1-2/h1-4H,(H,9,10);1-2H3. The molecule has 0 spiro atoms. The average molecular weight is 170 g/mol. The van der Waals surface area contributed by atoms with Gasteiger partial charge in [0.15, 0.2) is 0 Å². The molecule has 0 aromatic heterocycles. The van der Waals surface area contributed by atoms with Crippen LogP contribution in [0.25, 0.3) is 0 Å². The molecular weight excluding hydrogens is 159 g/mol. The Kier molecular flexibility index (Phi) is 4.69. The third-order valence-electron chi connectivity index (χ3n) is 1.09. The number of aromatic carboxylic acids is 1. The number of carboxylic acid groups (broad SMARTS) is 1. The Morgan fingerprint density at radius 2 is 1.67 bits per heavy atom. The maximum absolute atomic E-state index is 12.2. The van der Waals surface area contributed by atoms with Gasteiger partial charge in [-0.05, 0) is 24.3 Å². The second-order valence-electron chi connectivity index (χ2n) is 1.81. The molecule has 1 aromatic carbocycles. The van der Waals surface area contributed by atoms with Crippen LogP contribution in [0.3, 0.4) is 0 Å². The molecule has 0 bridgehead atoms. The van der Waals surface area contributed by atoms with E-state index in [-0.39, 0.29) is 5.56 Å². The zero-order chi connectivity index (χ0) is 9.56. The zero-order valence-corrected chi connectivity index (χ0v) is 7.04. The Labute approximate surface area is 70.7 Å². The maximum atomic E-state index is 12.2. The smallest absolute Gasteiger partial charge is 0.335 e. The van der Waals surface area contributed by atoms with Crippen LogP contribution in [0, 0.1) is 5.82 Å². The van der Waals surface area contributed by atoms with Crippen molar-refractivity contribution in [3.8, 4) is 0 Å². The molecule has 0 aliphatic carbocycles. The molecule has 1 N–H and O–H groups in total. The van der Waals surface area contributed by atoms with Crippen molar-refractivity contribution in [2.45, 2.75) is 13.8 Å². The topological polar surface area (TPSA) is 37.3 Å². The molecule has 0 aliphatic rings. The first-order chi connectivity index (χ1) is 5.70. The molecule has 3 heteroatoms. The van der Waals surface area contributed by atoms with Crippen molar-refractivity contribution in [2.75, 3.05) is 0 Å². The zero-order valence-electron chi connectivity index (χ0n) is 7.04. The first kappa shape index (κ1) is 10.6. The second kappa shape index (κ2) is 5.29. The number of rotatable bonds is 1. The van der Waals surface area contributed by atoms with Crippen LogP contribution in [0.2, 0.25) is 0 Å². The van der Waals surface area contributed by atoms with Gasteiger partial charge in [0.25, 0.3) is 0 Å². The van der Waals surface area contributed by atoms with Crippen molar-refractivity contribution in [3.63, 3.8) is 0 Å². The van der Waals surface area contributed by atoms with E-state index in [1.807, 2.05) is 13.8 Å². The SMILES string of the molecule is CC.O=C(O)c1ccc(F)cc1. The van der Waals surface area contributed by atoms with Gasteiger partial charge < -0.3 is 5.11 Å². The number of carbonyl (C=O) groups is 1. The van der Waals surface area contributed by atoms with E-state index in [0.717, 1.165) is 12.1 Å². The summed E-state index contributed by atoms with van der Waals surface area (Å²) in [5, 5.41) is 8.35. The van der Waals surface area contributed by atoms with Crippen molar-refractivity contribution in [1.29, 1.82) is 0 Å². The first-order valence-electron chi connectivity index (χ1n) is 3.69. The van der Waals surface area contributed by atoms with Crippen LogP contribution >= 0.6 is 0 Å². The summed E-state index contributed by atoms with van der Waals surface area (Å²) < 4.78 is 12.2. The lowest BCUT2D eigenvalue weighted by molar-refractivity contribution is 0.0697. The molecule has 2 nitrogen and oxygen atoms in total. The minimum absolute atomic E-state index is 0.0985. The monoisotopic (exact) mass is 170 g/mol. The molecular formula is C9H11FO2. The van der Waals surface area contributed by atoms with Gasteiger partial charge in [0.05, 0.1) is 5.56 Å². The fraction of sp³-hybridized carbons (Fsp3) is 0.222. The van der Waals surface area contributed by atoms with E-state index in [2.05, 4.69) is 0 Å². The summed E-state index contributed by atoms with van der Waals surface area (Å²) in [6.07, 6.45) is 0. The summed E-state index contributed by atoms with van der Waals surface area (Å²) in [5.41, 5.74) is 0.0985. The number of benzene rings is 1. The summed E-state index contributed by atoms with van der Waals surface area (Å²) in [7, 11) is 0. The lowest BCUT2D eigenvalue weighted by Crippen LogP contribution is -1.94. The molecule has 0 saturated carbocycles. The second-order valence-corrected chi connectivity index (χ2v) is 1.81. The Hall–Kier alpha value is -1.38. The van der Waals surface area contributed by atoms with Crippen molar-refractivity contribution in [2.24, 2.45) is 0 Å². The van der Waals surface area contributed by atoms with Crippen LogP contribution in [0.5, 0.6) is 0 Å². The van der Waals surface area contributed by atoms with E-state index in [1.165, 1.54) is 12.1 Å². The molecule has 0 amide bonds. The molecule has 0 aliphatic heterocycles. The van der Waals surface area contributed by atoms with Crippen LogP contribution in [0.4, 0.5) is 4.39 Å². The van der Waals surface area contributed by atoms with Crippen LogP contribution in [0.1, 0.15) is 24.2 Å². The molecule has 0 unspecified atom stereocenters. The van der Waals surface area contributed by atoms with Gasteiger partial charge in [-0.3, -0.25) is 0 Å². The van der Waals surface area contributed by atoms with Crippen LogP contribution in [-0.2, 0) is 0 Å². The third-order valence-corrected chi connectivity index (χ3v) is 1.09. The molecule has 0 fully saturated rings. The first-order valence-corrected chi connectivity index (χ1v) is 3.69. The fourth-order valence-corrected chi connectivity index (χ4v) is 0.592. The highest BCUT2D eigenvalue weighted by atomic mass is 19.1. The van der Waals surface area contributed by atoms with Gasteiger partial charge >= 0.3 is 5.97 Å². The Bertz CT molecular complexity index is 241. The van der Waals surface area contributed by atoms with E-state index in [9.17, 15) is 9.18 Å². The molecule has 0 radical (unpaired) electrons. The van der Waals surface area contributed by atoms with Crippen LogP contribution < -0.4 is 0 Å². The molecule has 12 heavy (non-hydrogen) atoms. The van der Waals surface area contributed by atoms with Gasteiger partial charge in [0.2, 0.25) is 0 Å². The van der Waals surface area contributed by atoms with E-state index in [1.54, 1.807) is 0 Å². The van der Waals surface area contributed by atoms with E-state index >= 15 is 0 Å². The molecule has 66 valence electrons. The highest BCUT2D eigenvalue weighted by Crippen LogP contribution is 2.01. The lowest BCUT2D eigenvalue weighted by atomic mass is 10.2. The van der Waals surface area contributed by atoms with Crippen molar-refractivity contribution in [1.82, 2.24) is 0 Å². The van der Waals surface area contributed by atoms with Gasteiger partial charge in [-0.25, -0.2) is 9.18 Å². The molecule has 0 saturated heterocycles. The van der Waals surface area contributed by atoms with Crippen LogP contribution in [0.15, 0.2) is 24.3 Å². The normalized spacial score (nSPS) is 8.25. The van der Waals surface area contributed by atoms with E-state index in [4.69, 9.17) is 5.11 Å². The Morgan fingerprint density at radius 3 is 2.00 bits per heavy atom. The average Bonchev–Trinajstić information content (AvgIpc) is 2.09. The molecule has 1 rings (SSSR count). The molecule has 0 atom stereocenters. The quantitative estimate of drug-likeness (QED) is 0.703. The van der Waals surface area contributed by atoms with Gasteiger partial charge in [0.1, 0.15) is 5.82 Å². The summed E-state index contributed by atoms with van der Waals surface area (Å²) in [4.78, 5) is 10.2. The number of carboxylic acids is 1. The highest BCUT2D eigenvalue weighted by molar-refractivity contribution is 5.87. The van der Waals surface area contributed by atoms with Crippen molar-refractivity contribution >= 4 is 5.97 Å². The van der Waals surface area contributed by atoms with Gasteiger partial charge in [-0.2, -0.15) is 0 Å². The molecule has 0 heterocycles. The minimum Gasteiger partial charge on any atom is -0.478 e. The van der Waals surface area contributed by atoms with E-state index < -0.39 is 11.8 Å². The summed E-state index contributed by atoms with van der Waals surface area (Å²) >= 11 is 0. The maximum Gasteiger partial charge on any atom is 0.335 e. The van der Waals surface area contributed by atoms with Gasteiger partial charge in [0, 0.05) is 0 Å². The van der Waals surface area contributed by atoms with Crippen molar-refractivity contribution in [3.05, 3.63) is 35.6 Å². The largest absolute Gasteiger partial charge is 0.478 e. The Balaban J connectivity index is 0.000000561. The van der Waals surface area contributed by atoms with Gasteiger partial charge in [-0.1, -0.05) is 13.8 Å². The molecule has 1 aromatic rings. The van der Waals surface area contributed by atoms with Crippen molar-refractivity contribution < 1.29 is 14.3 Å². The predicted molar refractivity (Wildman–Crippen MR) is 44.7 cm³/mol. The number of hydrogen-bond donors (Lipinski definition) is 1. The Morgan fingerprint density at radius 1 is 1.25 bits per heavy atom. The summed E-state index contributed by atoms with van der Waals surface area (Å²) in [6.45, 7) is 4.00. The van der Waals surface area contributed by atoms with Crippen LogP contribution in [-0.4, -0.2) is 11.1 Å². The third kappa shape index (κ3) is 3.14.